The van der Waals surface area contributed by atoms with Gasteiger partial charge in [-0.25, -0.2) is 9.18 Å². The summed E-state index contributed by atoms with van der Waals surface area (Å²) < 4.78 is 13.8. The number of nitrogens with zero attached hydrogens (tertiary/aromatic N) is 1. The van der Waals surface area contributed by atoms with E-state index in [9.17, 15) is 9.18 Å². The number of hydrogen-bond donors (Lipinski definition) is 1. The summed E-state index contributed by atoms with van der Waals surface area (Å²) in [6.07, 6.45) is 1.85. The van der Waals surface area contributed by atoms with E-state index in [1.807, 2.05) is 24.3 Å². The molecule has 3 nitrogen and oxygen atoms in total. The van der Waals surface area contributed by atoms with E-state index in [-0.39, 0.29) is 11.7 Å². The topological polar surface area (TPSA) is 32.3 Å². The quantitative estimate of drug-likeness (QED) is 0.828. The maximum Gasteiger partial charge on any atom is 0.326 e. The van der Waals surface area contributed by atoms with E-state index >= 15 is 0 Å². The first-order valence-corrected chi connectivity index (χ1v) is 7.14. The predicted molar refractivity (Wildman–Crippen MR) is 82.5 cm³/mol. The van der Waals surface area contributed by atoms with E-state index in [0.717, 1.165) is 24.1 Å². The number of urea groups is 1. The minimum atomic E-state index is -0.541. The zero-order valence-corrected chi connectivity index (χ0v) is 12.0. The molecule has 1 aliphatic rings. The van der Waals surface area contributed by atoms with Gasteiger partial charge in [-0.15, -0.1) is 0 Å². The van der Waals surface area contributed by atoms with Crippen LogP contribution in [-0.4, -0.2) is 12.6 Å². The van der Waals surface area contributed by atoms with Gasteiger partial charge in [0.05, 0.1) is 5.69 Å². The normalized spacial score (nSPS) is 13.7. The van der Waals surface area contributed by atoms with Crippen LogP contribution in [0.15, 0.2) is 42.5 Å². The number of nitrogens with one attached hydrogen (secondary N) is 1. The van der Waals surface area contributed by atoms with Gasteiger partial charge in [-0.1, -0.05) is 29.8 Å². The molecular formula is C16H14ClFN2O. The van der Waals surface area contributed by atoms with E-state index in [1.54, 1.807) is 11.0 Å². The van der Waals surface area contributed by atoms with Crippen molar-refractivity contribution in [2.45, 2.75) is 12.8 Å². The molecule has 0 aliphatic carbocycles. The number of para-hydroxylation sites is 1. The fourth-order valence-electron chi connectivity index (χ4n) is 2.52. The fourth-order valence-corrected chi connectivity index (χ4v) is 2.68. The second kappa shape index (κ2) is 5.74. The lowest BCUT2D eigenvalue weighted by molar-refractivity contribution is 0.256. The van der Waals surface area contributed by atoms with Crippen molar-refractivity contribution in [1.29, 1.82) is 0 Å². The highest BCUT2D eigenvalue weighted by molar-refractivity contribution is 6.30. The molecule has 1 N–H and O–H groups in total. The third-order valence-corrected chi connectivity index (χ3v) is 3.76. The second-order valence-electron chi connectivity index (χ2n) is 4.94. The lowest BCUT2D eigenvalue weighted by Crippen LogP contribution is -2.38. The van der Waals surface area contributed by atoms with Gasteiger partial charge in [-0.2, -0.15) is 0 Å². The van der Waals surface area contributed by atoms with Crippen LogP contribution in [0.3, 0.4) is 0 Å². The average Bonchev–Trinajstić information content (AvgIpc) is 2.49. The maximum atomic E-state index is 13.8. The van der Waals surface area contributed by atoms with Gasteiger partial charge in [0.15, 0.2) is 0 Å². The molecule has 3 rings (SSSR count). The number of aryl methyl sites for hydroxylation is 1. The number of carbonyl (C=O) groups excluding carboxylic acids is 1. The second-order valence-corrected chi connectivity index (χ2v) is 5.37. The Hall–Kier alpha value is -2.07. The molecule has 5 heteroatoms. The zero-order valence-electron chi connectivity index (χ0n) is 11.3. The molecule has 0 spiro atoms. The van der Waals surface area contributed by atoms with Crippen molar-refractivity contribution in [2.75, 3.05) is 16.8 Å². The van der Waals surface area contributed by atoms with Crippen LogP contribution in [0.5, 0.6) is 0 Å². The first-order chi connectivity index (χ1) is 10.1. The van der Waals surface area contributed by atoms with Crippen LogP contribution in [0.4, 0.5) is 20.6 Å². The van der Waals surface area contributed by atoms with Crippen molar-refractivity contribution in [3.63, 3.8) is 0 Å². The van der Waals surface area contributed by atoms with E-state index < -0.39 is 5.82 Å². The van der Waals surface area contributed by atoms with Gasteiger partial charge >= 0.3 is 6.03 Å². The summed E-state index contributed by atoms with van der Waals surface area (Å²) in [7, 11) is 0. The Bertz CT molecular complexity index is 690. The minimum Gasteiger partial charge on any atom is -0.305 e. The van der Waals surface area contributed by atoms with Gasteiger partial charge in [0, 0.05) is 17.3 Å². The number of carbonyl (C=O) groups is 1. The molecule has 2 aromatic carbocycles. The molecule has 2 aromatic rings. The Kier molecular flexibility index (Phi) is 3.80. The first-order valence-electron chi connectivity index (χ1n) is 6.76. The summed E-state index contributed by atoms with van der Waals surface area (Å²) >= 11 is 5.71. The third-order valence-electron chi connectivity index (χ3n) is 3.53. The van der Waals surface area contributed by atoms with E-state index in [0.29, 0.717) is 11.6 Å². The Labute approximate surface area is 127 Å². The van der Waals surface area contributed by atoms with Gasteiger partial charge in [0.1, 0.15) is 5.82 Å². The monoisotopic (exact) mass is 304 g/mol. The molecule has 0 atom stereocenters. The predicted octanol–water partition coefficient (Wildman–Crippen LogP) is 4.46. The Morgan fingerprint density at radius 3 is 2.86 bits per heavy atom. The van der Waals surface area contributed by atoms with Gasteiger partial charge in [-0.3, -0.25) is 4.90 Å². The number of rotatable bonds is 1. The molecule has 0 unspecified atom stereocenters. The minimum absolute atomic E-state index is 0.132. The van der Waals surface area contributed by atoms with Crippen molar-refractivity contribution in [2.24, 2.45) is 0 Å². The number of amides is 2. The number of halogens is 2. The molecule has 0 radical (unpaired) electrons. The van der Waals surface area contributed by atoms with E-state index in [1.165, 1.54) is 12.1 Å². The van der Waals surface area contributed by atoms with Gasteiger partial charge in [-0.05, 0) is 42.7 Å². The Morgan fingerprint density at radius 1 is 1.24 bits per heavy atom. The molecule has 0 fully saturated rings. The molecule has 1 heterocycles. The molecule has 0 saturated heterocycles. The molecule has 21 heavy (non-hydrogen) atoms. The highest BCUT2D eigenvalue weighted by Gasteiger charge is 2.22. The molecule has 108 valence electrons. The van der Waals surface area contributed by atoms with Crippen molar-refractivity contribution < 1.29 is 9.18 Å². The summed E-state index contributed by atoms with van der Waals surface area (Å²) in [6, 6.07) is 11.6. The van der Waals surface area contributed by atoms with Crippen LogP contribution >= 0.6 is 11.6 Å². The third kappa shape index (κ3) is 2.85. The molecule has 0 saturated carbocycles. The number of anilines is 2. The number of fused-ring (bicyclic) bond motifs is 1. The number of benzene rings is 2. The van der Waals surface area contributed by atoms with Crippen LogP contribution in [0, 0.1) is 5.82 Å². The maximum absolute atomic E-state index is 13.8. The summed E-state index contributed by atoms with van der Waals surface area (Å²) in [5.74, 6) is -0.541. The van der Waals surface area contributed by atoms with Crippen LogP contribution in [0.1, 0.15) is 12.0 Å². The smallest absolute Gasteiger partial charge is 0.305 e. The molecular weight excluding hydrogens is 291 g/mol. The van der Waals surface area contributed by atoms with E-state index in [2.05, 4.69) is 5.32 Å². The standard InChI is InChI=1S/C16H14ClFN2O/c17-12-7-8-14(13(18)10-12)19-16(21)20-9-3-5-11-4-1-2-6-15(11)20/h1-2,4,6-8,10H,3,5,9H2,(H,19,21). The van der Waals surface area contributed by atoms with Gasteiger partial charge in [0.2, 0.25) is 0 Å². The molecule has 0 aromatic heterocycles. The molecule has 2 amide bonds. The summed E-state index contributed by atoms with van der Waals surface area (Å²) in [5, 5.41) is 2.90. The van der Waals surface area contributed by atoms with Crippen molar-refractivity contribution in [1.82, 2.24) is 0 Å². The summed E-state index contributed by atoms with van der Waals surface area (Å²) in [4.78, 5) is 14.0. The van der Waals surface area contributed by atoms with E-state index in [4.69, 9.17) is 11.6 Å². The van der Waals surface area contributed by atoms with Gasteiger partial charge < -0.3 is 5.32 Å². The zero-order chi connectivity index (χ0) is 14.8. The SMILES string of the molecule is O=C(Nc1ccc(Cl)cc1F)N1CCCc2ccccc21. The van der Waals surface area contributed by atoms with Crippen LogP contribution in [-0.2, 0) is 6.42 Å². The lowest BCUT2D eigenvalue weighted by Gasteiger charge is -2.29. The highest BCUT2D eigenvalue weighted by atomic mass is 35.5. The van der Waals surface area contributed by atoms with Crippen molar-refractivity contribution in [3.05, 3.63) is 58.9 Å². The Morgan fingerprint density at radius 2 is 2.05 bits per heavy atom. The van der Waals surface area contributed by atoms with Crippen LogP contribution in [0.2, 0.25) is 5.02 Å². The summed E-state index contributed by atoms with van der Waals surface area (Å²) in [6.45, 7) is 0.623. The van der Waals surface area contributed by atoms with Gasteiger partial charge in [0.25, 0.3) is 0 Å². The van der Waals surface area contributed by atoms with Crippen LogP contribution < -0.4 is 10.2 Å². The molecule has 1 aliphatic heterocycles. The average molecular weight is 305 g/mol. The largest absolute Gasteiger partial charge is 0.326 e. The van der Waals surface area contributed by atoms with Crippen molar-refractivity contribution >= 4 is 29.0 Å². The van der Waals surface area contributed by atoms with Crippen molar-refractivity contribution in [3.8, 4) is 0 Å². The van der Waals surface area contributed by atoms with Crippen LogP contribution in [0.25, 0.3) is 0 Å². The number of hydrogen-bond acceptors (Lipinski definition) is 1. The fraction of sp³-hybridized carbons (Fsp3) is 0.188. The summed E-state index contributed by atoms with van der Waals surface area (Å²) in [5.41, 5.74) is 2.15. The molecule has 0 bridgehead atoms. The Balaban J connectivity index is 1.83. The lowest BCUT2D eigenvalue weighted by atomic mass is 10.0. The highest BCUT2D eigenvalue weighted by Crippen LogP contribution is 2.28. The first kappa shape index (κ1) is 13.9.